The van der Waals surface area contributed by atoms with Gasteiger partial charge in [0.1, 0.15) is 17.5 Å². The van der Waals surface area contributed by atoms with Gasteiger partial charge in [-0.05, 0) is 0 Å². The zero-order valence-electron chi connectivity index (χ0n) is 10.2. The number of rotatable bonds is 5. The van der Waals surface area contributed by atoms with Gasteiger partial charge in [-0.15, -0.1) is 0 Å². The quantitative estimate of drug-likeness (QED) is 0.632. The van der Waals surface area contributed by atoms with Crippen LogP contribution in [0.3, 0.4) is 0 Å². The lowest BCUT2D eigenvalue weighted by molar-refractivity contribution is 0.181. The third-order valence-corrected chi connectivity index (χ3v) is 3.94. The Kier molecular flexibility index (Phi) is 3.81. The molecule has 2 aromatic heterocycles. The van der Waals surface area contributed by atoms with Crippen LogP contribution in [0.4, 0.5) is 5.82 Å². The third-order valence-electron chi connectivity index (χ3n) is 2.67. The lowest BCUT2D eigenvalue weighted by atomic mass is 10.4. The highest BCUT2D eigenvalue weighted by Crippen LogP contribution is 2.42. The standard InChI is InChI=1S/C9H14N5O4P/c1-18-3-6(19(15,16)17)2-14-5-13-7-8(10)11-4-12-9(7)14/h4-6H,2-3H2,1H3,(H2,10,11,12)(H2,15,16,17). The Labute approximate surface area is 108 Å². The van der Waals surface area contributed by atoms with E-state index in [-0.39, 0.29) is 19.0 Å². The number of imidazole rings is 1. The molecule has 0 bridgehead atoms. The second-order valence-corrected chi connectivity index (χ2v) is 5.93. The summed E-state index contributed by atoms with van der Waals surface area (Å²) >= 11 is 0. The Morgan fingerprint density at radius 1 is 1.47 bits per heavy atom. The molecule has 0 aliphatic rings. The molecule has 1 atom stereocenters. The molecule has 0 fully saturated rings. The summed E-state index contributed by atoms with van der Waals surface area (Å²) in [6.45, 7) is -0.0322. The van der Waals surface area contributed by atoms with Gasteiger partial charge in [-0.2, -0.15) is 0 Å². The Morgan fingerprint density at radius 2 is 2.21 bits per heavy atom. The molecule has 0 saturated carbocycles. The predicted molar refractivity (Wildman–Crippen MR) is 67.4 cm³/mol. The average Bonchev–Trinajstić information content (AvgIpc) is 2.72. The molecule has 0 aliphatic carbocycles. The molecular formula is C9H14N5O4P. The fourth-order valence-electron chi connectivity index (χ4n) is 1.71. The summed E-state index contributed by atoms with van der Waals surface area (Å²) in [7, 11) is -2.89. The zero-order chi connectivity index (χ0) is 14.0. The van der Waals surface area contributed by atoms with Gasteiger partial charge in [-0.3, -0.25) is 4.57 Å². The molecule has 10 heteroatoms. The van der Waals surface area contributed by atoms with Gasteiger partial charge in [0.2, 0.25) is 0 Å². The number of hydrogen-bond donors (Lipinski definition) is 3. The van der Waals surface area contributed by atoms with Crippen LogP contribution in [0.25, 0.3) is 11.2 Å². The zero-order valence-corrected chi connectivity index (χ0v) is 11.1. The van der Waals surface area contributed by atoms with E-state index in [0.29, 0.717) is 11.2 Å². The van der Waals surface area contributed by atoms with E-state index in [1.54, 1.807) is 0 Å². The van der Waals surface area contributed by atoms with Crippen LogP contribution in [-0.4, -0.2) is 48.7 Å². The fraction of sp³-hybridized carbons (Fsp3) is 0.444. The van der Waals surface area contributed by atoms with Crippen molar-refractivity contribution in [3.05, 3.63) is 12.7 Å². The van der Waals surface area contributed by atoms with E-state index >= 15 is 0 Å². The Hall–Kier alpha value is -1.54. The first-order chi connectivity index (χ1) is 8.93. The summed E-state index contributed by atoms with van der Waals surface area (Å²) in [5, 5.41) is 0. The number of fused-ring (bicyclic) bond motifs is 1. The van der Waals surface area contributed by atoms with Gasteiger partial charge in [-0.1, -0.05) is 0 Å². The van der Waals surface area contributed by atoms with Crippen LogP contribution in [0.15, 0.2) is 12.7 Å². The van der Waals surface area contributed by atoms with Crippen molar-refractivity contribution < 1.29 is 19.1 Å². The van der Waals surface area contributed by atoms with Crippen molar-refractivity contribution in [3.63, 3.8) is 0 Å². The van der Waals surface area contributed by atoms with Gasteiger partial charge in [0.15, 0.2) is 11.5 Å². The van der Waals surface area contributed by atoms with E-state index in [2.05, 4.69) is 15.0 Å². The molecule has 104 valence electrons. The second-order valence-electron chi connectivity index (χ2n) is 4.03. The molecule has 4 N–H and O–H groups in total. The molecule has 0 spiro atoms. The Balaban J connectivity index is 2.34. The van der Waals surface area contributed by atoms with E-state index in [1.165, 1.54) is 24.3 Å². The largest absolute Gasteiger partial charge is 0.384 e. The molecule has 0 radical (unpaired) electrons. The average molecular weight is 287 g/mol. The van der Waals surface area contributed by atoms with E-state index in [1.807, 2.05) is 0 Å². The highest BCUT2D eigenvalue weighted by Gasteiger charge is 2.29. The molecule has 0 aliphatic heterocycles. The topological polar surface area (TPSA) is 136 Å². The van der Waals surface area contributed by atoms with Crippen LogP contribution in [-0.2, 0) is 15.8 Å². The van der Waals surface area contributed by atoms with Crippen molar-refractivity contribution in [2.24, 2.45) is 0 Å². The van der Waals surface area contributed by atoms with Gasteiger partial charge in [0.05, 0.1) is 12.9 Å². The number of hydrogen-bond acceptors (Lipinski definition) is 6. The van der Waals surface area contributed by atoms with E-state index in [0.717, 1.165) is 0 Å². The number of anilines is 1. The highest BCUT2D eigenvalue weighted by atomic mass is 31.2. The first-order valence-electron chi connectivity index (χ1n) is 5.39. The molecule has 2 rings (SSSR count). The molecule has 2 aromatic rings. The first kappa shape index (κ1) is 13.9. The Morgan fingerprint density at radius 3 is 2.84 bits per heavy atom. The van der Waals surface area contributed by atoms with Crippen LogP contribution in [0.2, 0.25) is 0 Å². The minimum absolute atomic E-state index is 0.0328. The molecule has 0 amide bonds. The van der Waals surface area contributed by atoms with Gasteiger partial charge in [0, 0.05) is 13.7 Å². The maximum absolute atomic E-state index is 11.4. The van der Waals surface area contributed by atoms with E-state index < -0.39 is 13.3 Å². The van der Waals surface area contributed by atoms with Crippen LogP contribution < -0.4 is 5.73 Å². The van der Waals surface area contributed by atoms with Crippen molar-refractivity contribution in [1.82, 2.24) is 19.5 Å². The van der Waals surface area contributed by atoms with Crippen LogP contribution in [0.5, 0.6) is 0 Å². The maximum atomic E-state index is 11.4. The molecule has 0 saturated heterocycles. The third kappa shape index (κ3) is 2.90. The van der Waals surface area contributed by atoms with Crippen LogP contribution >= 0.6 is 7.60 Å². The lowest BCUT2D eigenvalue weighted by Crippen LogP contribution is -2.22. The SMILES string of the molecule is COCC(Cn1cnc2c(N)ncnc21)P(=O)(O)O. The number of nitrogens with zero attached hydrogens (tertiary/aromatic N) is 4. The minimum atomic E-state index is -4.27. The van der Waals surface area contributed by atoms with Gasteiger partial charge >= 0.3 is 7.60 Å². The maximum Gasteiger partial charge on any atom is 0.332 e. The van der Waals surface area contributed by atoms with Gasteiger partial charge in [-0.25, -0.2) is 15.0 Å². The highest BCUT2D eigenvalue weighted by molar-refractivity contribution is 7.52. The fourth-order valence-corrected chi connectivity index (χ4v) is 2.44. The summed E-state index contributed by atoms with van der Waals surface area (Å²) in [6, 6.07) is 0. The number of methoxy groups -OCH3 is 1. The number of ether oxygens (including phenoxy) is 1. The number of nitrogens with two attached hydrogens (primary N) is 1. The summed E-state index contributed by atoms with van der Waals surface area (Å²) in [6.07, 6.45) is 2.70. The molecular weight excluding hydrogens is 273 g/mol. The van der Waals surface area contributed by atoms with Crippen LogP contribution in [0.1, 0.15) is 0 Å². The molecule has 1 unspecified atom stereocenters. The smallest absolute Gasteiger partial charge is 0.332 e. The predicted octanol–water partition coefficient (Wildman–Crippen LogP) is -0.399. The minimum Gasteiger partial charge on any atom is -0.384 e. The number of nitrogen functional groups attached to an aromatic ring is 1. The summed E-state index contributed by atoms with van der Waals surface area (Å²) in [4.78, 5) is 30.4. The van der Waals surface area contributed by atoms with E-state index in [9.17, 15) is 14.4 Å². The van der Waals surface area contributed by atoms with Crippen molar-refractivity contribution in [1.29, 1.82) is 0 Å². The lowest BCUT2D eigenvalue weighted by Gasteiger charge is -2.17. The molecule has 2 heterocycles. The molecule has 0 aromatic carbocycles. The van der Waals surface area contributed by atoms with Crippen molar-refractivity contribution in [2.45, 2.75) is 12.2 Å². The summed E-state index contributed by atoms with van der Waals surface area (Å²) < 4.78 is 17.7. The number of aromatic nitrogens is 4. The molecule has 9 nitrogen and oxygen atoms in total. The summed E-state index contributed by atoms with van der Waals surface area (Å²) in [5.41, 5.74) is 5.51. The molecule has 19 heavy (non-hydrogen) atoms. The van der Waals surface area contributed by atoms with Gasteiger partial charge < -0.3 is 24.8 Å². The van der Waals surface area contributed by atoms with Crippen molar-refractivity contribution in [2.75, 3.05) is 19.5 Å². The normalized spacial score (nSPS) is 13.8. The van der Waals surface area contributed by atoms with Crippen LogP contribution in [0, 0.1) is 0 Å². The monoisotopic (exact) mass is 287 g/mol. The van der Waals surface area contributed by atoms with E-state index in [4.69, 9.17) is 10.5 Å². The Bertz CT molecular complexity index is 624. The second kappa shape index (κ2) is 5.22. The van der Waals surface area contributed by atoms with Crippen molar-refractivity contribution in [3.8, 4) is 0 Å². The van der Waals surface area contributed by atoms with Gasteiger partial charge in [0.25, 0.3) is 0 Å². The van der Waals surface area contributed by atoms with Crippen molar-refractivity contribution >= 4 is 24.6 Å². The summed E-state index contributed by atoms with van der Waals surface area (Å²) in [5.74, 6) is 0.225. The first-order valence-corrected chi connectivity index (χ1v) is 7.07.